The lowest BCUT2D eigenvalue weighted by molar-refractivity contribution is 0.102. The lowest BCUT2D eigenvalue weighted by Crippen LogP contribution is -2.14. The zero-order valence-corrected chi connectivity index (χ0v) is 10.5. The number of amides is 1. The van der Waals surface area contributed by atoms with Gasteiger partial charge in [-0.2, -0.15) is 0 Å². The predicted molar refractivity (Wildman–Crippen MR) is 70.3 cm³/mol. The van der Waals surface area contributed by atoms with E-state index in [0.29, 0.717) is 17.6 Å². The van der Waals surface area contributed by atoms with Gasteiger partial charge in [0.05, 0.1) is 5.56 Å². The van der Waals surface area contributed by atoms with Crippen molar-refractivity contribution in [3.05, 3.63) is 65.2 Å². The van der Waals surface area contributed by atoms with E-state index in [1.165, 1.54) is 0 Å². The van der Waals surface area contributed by atoms with Crippen LogP contribution in [0.4, 0.5) is 14.5 Å². The lowest BCUT2D eigenvalue weighted by atomic mass is 10.1. The quantitative estimate of drug-likeness (QED) is 0.848. The van der Waals surface area contributed by atoms with Crippen LogP contribution in [0.2, 0.25) is 0 Å². The number of anilines is 1. The van der Waals surface area contributed by atoms with E-state index in [0.717, 1.165) is 17.7 Å². The summed E-state index contributed by atoms with van der Waals surface area (Å²) in [6.45, 7) is 0. The van der Waals surface area contributed by atoms with Gasteiger partial charge < -0.3 is 5.32 Å². The molecule has 0 aromatic heterocycles. The van der Waals surface area contributed by atoms with Crippen LogP contribution in [0.15, 0.2) is 42.5 Å². The summed E-state index contributed by atoms with van der Waals surface area (Å²) in [6, 6.07) is 9.69. The highest BCUT2D eigenvalue weighted by molar-refractivity contribution is 6.17. The minimum Gasteiger partial charge on any atom is -0.322 e. The molecule has 2 nitrogen and oxygen atoms in total. The zero-order chi connectivity index (χ0) is 13.8. The number of nitrogens with one attached hydrogen (secondary N) is 1. The van der Waals surface area contributed by atoms with E-state index >= 15 is 0 Å². The van der Waals surface area contributed by atoms with E-state index in [1.807, 2.05) is 0 Å². The summed E-state index contributed by atoms with van der Waals surface area (Å²) >= 11 is 5.68. The molecule has 5 heteroatoms. The van der Waals surface area contributed by atoms with E-state index in [2.05, 4.69) is 5.32 Å². The van der Waals surface area contributed by atoms with Gasteiger partial charge in [-0.15, -0.1) is 11.6 Å². The molecule has 0 spiro atoms. The van der Waals surface area contributed by atoms with Crippen LogP contribution in [-0.4, -0.2) is 5.91 Å². The average molecular weight is 282 g/mol. The van der Waals surface area contributed by atoms with E-state index < -0.39 is 17.5 Å². The van der Waals surface area contributed by atoms with Crippen molar-refractivity contribution >= 4 is 23.2 Å². The summed E-state index contributed by atoms with van der Waals surface area (Å²) in [5.74, 6) is -1.94. The molecule has 0 saturated heterocycles. The van der Waals surface area contributed by atoms with Crippen LogP contribution in [0, 0.1) is 11.6 Å². The fraction of sp³-hybridized carbons (Fsp3) is 0.0714. The number of carbonyl (C=O) groups is 1. The van der Waals surface area contributed by atoms with Crippen LogP contribution in [-0.2, 0) is 5.88 Å². The van der Waals surface area contributed by atoms with E-state index in [1.54, 1.807) is 24.3 Å². The smallest absolute Gasteiger partial charge is 0.258 e. The van der Waals surface area contributed by atoms with Crippen LogP contribution in [0.25, 0.3) is 0 Å². The third-order valence-electron chi connectivity index (χ3n) is 2.51. The van der Waals surface area contributed by atoms with Gasteiger partial charge >= 0.3 is 0 Å². The Morgan fingerprint density at radius 3 is 2.63 bits per heavy atom. The molecule has 98 valence electrons. The molecule has 0 aliphatic carbocycles. The molecule has 2 rings (SSSR count). The van der Waals surface area contributed by atoms with Crippen molar-refractivity contribution < 1.29 is 13.6 Å². The number of hydrogen-bond donors (Lipinski definition) is 1. The van der Waals surface area contributed by atoms with Gasteiger partial charge in [-0.25, -0.2) is 8.78 Å². The predicted octanol–water partition coefficient (Wildman–Crippen LogP) is 3.96. The molecule has 1 amide bonds. The molecular weight excluding hydrogens is 272 g/mol. The summed E-state index contributed by atoms with van der Waals surface area (Å²) < 4.78 is 26.2. The number of rotatable bonds is 3. The largest absolute Gasteiger partial charge is 0.322 e. The highest BCUT2D eigenvalue weighted by atomic mass is 35.5. The molecule has 0 saturated carbocycles. The monoisotopic (exact) mass is 281 g/mol. The van der Waals surface area contributed by atoms with Gasteiger partial charge in [-0.1, -0.05) is 12.1 Å². The van der Waals surface area contributed by atoms with Gasteiger partial charge in [0, 0.05) is 17.6 Å². The lowest BCUT2D eigenvalue weighted by Gasteiger charge is -2.07. The molecule has 0 bridgehead atoms. The Labute approximate surface area is 114 Å². The molecule has 2 aromatic carbocycles. The molecule has 0 fully saturated rings. The second-order valence-electron chi connectivity index (χ2n) is 3.91. The highest BCUT2D eigenvalue weighted by Gasteiger charge is 2.12. The van der Waals surface area contributed by atoms with Crippen molar-refractivity contribution in [2.45, 2.75) is 5.88 Å². The summed E-state index contributed by atoms with van der Waals surface area (Å²) in [5, 5.41) is 2.53. The second kappa shape index (κ2) is 5.80. The van der Waals surface area contributed by atoms with Crippen LogP contribution in [0.1, 0.15) is 15.9 Å². The topological polar surface area (TPSA) is 29.1 Å². The standard InChI is InChI=1S/C14H10ClF2NO/c15-8-9-2-1-3-11(6-9)18-14(19)12-5-4-10(16)7-13(12)17/h1-7H,8H2,(H,18,19). The van der Waals surface area contributed by atoms with E-state index in [4.69, 9.17) is 11.6 Å². The normalized spacial score (nSPS) is 10.3. The number of alkyl halides is 1. The maximum atomic E-state index is 13.4. The SMILES string of the molecule is O=C(Nc1cccc(CCl)c1)c1ccc(F)cc1F. The molecule has 19 heavy (non-hydrogen) atoms. The molecule has 0 aliphatic rings. The van der Waals surface area contributed by atoms with Gasteiger partial charge in [-0.3, -0.25) is 4.79 Å². The Balaban J connectivity index is 2.20. The Kier molecular flexibility index (Phi) is 4.12. The number of hydrogen-bond acceptors (Lipinski definition) is 1. The third kappa shape index (κ3) is 3.29. The summed E-state index contributed by atoms with van der Waals surface area (Å²) in [5.41, 5.74) is 1.13. The molecule has 0 aliphatic heterocycles. The van der Waals surface area contributed by atoms with Crippen LogP contribution < -0.4 is 5.32 Å². The van der Waals surface area contributed by atoms with Crippen LogP contribution >= 0.6 is 11.6 Å². The van der Waals surface area contributed by atoms with Crippen molar-refractivity contribution in [2.75, 3.05) is 5.32 Å². The van der Waals surface area contributed by atoms with E-state index in [9.17, 15) is 13.6 Å². The first-order valence-corrected chi connectivity index (χ1v) is 6.05. The molecule has 0 unspecified atom stereocenters. The minimum absolute atomic E-state index is 0.210. The molecule has 0 radical (unpaired) electrons. The van der Waals surface area contributed by atoms with Crippen molar-refractivity contribution in [1.82, 2.24) is 0 Å². The Hall–Kier alpha value is -1.94. The van der Waals surface area contributed by atoms with Gasteiger partial charge in [0.2, 0.25) is 0 Å². The van der Waals surface area contributed by atoms with E-state index in [-0.39, 0.29) is 5.56 Å². The Morgan fingerprint density at radius 2 is 1.95 bits per heavy atom. The fourth-order valence-electron chi connectivity index (χ4n) is 1.60. The van der Waals surface area contributed by atoms with Crippen molar-refractivity contribution in [1.29, 1.82) is 0 Å². The zero-order valence-electron chi connectivity index (χ0n) is 9.79. The van der Waals surface area contributed by atoms with Gasteiger partial charge in [0.15, 0.2) is 0 Å². The highest BCUT2D eigenvalue weighted by Crippen LogP contribution is 2.15. The molecule has 0 heterocycles. The first-order chi connectivity index (χ1) is 9.10. The first kappa shape index (κ1) is 13.5. The molecule has 1 N–H and O–H groups in total. The first-order valence-electron chi connectivity index (χ1n) is 5.51. The van der Waals surface area contributed by atoms with Crippen LogP contribution in [0.5, 0.6) is 0 Å². The van der Waals surface area contributed by atoms with Crippen LogP contribution in [0.3, 0.4) is 0 Å². The minimum atomic E-state index is -0.897. The van der Waals surface area contributed by atoms with Gasteiger partial charge in [0.1, 0.15) is 11.6 Å². The van der Waals surface area contributed by atoms with Crippen molar-refractivity contribution in [3.8, 4) is 0 Å². The molecule has 0 atom stereocenters. The average Bonchev–Trinajstić information content (AvgIpc) is 2.38. The van der Waals surface area contributed by atoms with Crippen molar-refractivity contribution in [2.24, 2.45) is 0 Å². The fourth-order valence-corrected chi connectivity index (χ4v) is 1.77. The molecular formula is C14H10ClF2NO. The maximum absolute atomic E-state index is 13.4. The number of halogens is 3. The van der Waals surface area contributed by atoms with Gasteiger partial charge in [0.25, 0.3) is 5.91 Å². The van der Waals surface area contributed by atoms with Gasteiger partial charge in [-0.05, 0) is 29.8 Å². The number of carbonyl (C=O) groups excluding carboxylic acids is 1. The second-order valence-corrected chi connectivity index (χ2v) is 4.18. The summed E-state index contributed by atoms with van der Waals surface area (Å²) in [6.07, 6.45) is 0. The third-order valence-corrected chi connectivity index (χ3v) is 2.82. The summed E-state index contributed by atoms with van der Waals surface area (Å²) in [7, 11) is 0. The Morgan fingerprint density at radius 1 is 1.16 bits per heavy atom. The number of benzene rings is 2. The molecule has 2 aromatic rings. The maximum Gasteiger partial charge on any atom is 0.258 e. The Bertz CT molecular complexity index is 616. The van der Waals surface area contributed by atoms with Crippen molar-refractivity contribution in [3.63, 3.8) is 0 Å². The summed E-state index contributed by atoms with van der Waals surface area (Å²) in [4.78, 5) is 11.8.